The number of hydrogen-bond donors (Lipinski definition) is 1. The Balaban J connectivity index is 1.73. The van der Waals surface area contributed by atoms with Crippen LogP contribution in [0.3, 0.4) is 0 Å². The van der Waals surface area contributed by atoms with Gasteiger partial charge in [-0.05, 0) is 38.5 Å². The summed E-state index contributed by atoms with van der Waals surface area (Å²) in [5.41, 5.74) is 4.09. The van der Waals surface area contributed by atoms with Crippen LogP contribution < -0.4 is 10.1 Å². The number of imidazole rings is 1. The Bertz CT molecular complexity index is 1150. The van der Waals surface area contributed by atoms with Gasteiger partial charge < -0.3 is 14.8 Å². The number of nitrogens with one attached hydrogen (secondary N) is 1. The van der Waals surface area contributed by atoms with Gasteiger partial charge in [-0.25, -0.2) is 9.78 Å². The predicted molar refractivity (Wildman–Crippen MR) is 132 cm³/mol. The summed E-state index contributed by atoms with van der Waals surface area (Å²) in [7, 11) is 0. The maximum atomic E-state index is 13.4. The molecule has 0 saturated heterocycles. The summed E-state index contributed by atoms with van der Waals surface area (Å²) in [4.78, 5) is 18.2. The average molecular weight is 448 g/mol. The summed E-state index contributed by atoms with van der Waals surface area (Å²) in [6, 6.07) is 15.5. The lowest BCUT2D eigenvalue weighted by Crippen LogP contribution is -2.29. The molecule has 2 heterocycles. The zero-order valence-electron chi connectivity index (χ0n) is 19.8. The number of ether oxygens (including phenoxy) is 2. The number of allylic oxidation sites excluding steroid dienone is 1. The van der Waals surface area contributed by atoms with Crippen molar-refractivity contribution in [2.45, 2.75) is 58.9 Å². The quantitative estimate of drug-likeness (QED) is 0.294. The second kappa shape index (κ2) is 10.6. The number of esters is 1. The van der Waals surface area contributed by atoms with Crippen molar-refractivity contribution >= 4 is 23.0 Å². The second-order valence-corrected chi connectivity index (χ2v) is 8.38. The van der Waals surface area contributed by atoms with Crippen molar-refractivity contribution in [2.75, 3.05) is 18.5 Å². The Hall–Kier alpha value is -3.28. The van der Waals surface area contributed by atoms with Crippen LogP contribution >= 0.6 is 0 Å². The molecule has 0 aliphatic carbocycles. The van der Waals surface area contributed by atoms with Crippen LogP contribution in [0.1, 0.15) is 64.5 Å². The van der Waals surface area contributed by atoms with E-state index in [9.17, 15) is 4.79 Å². The summed E-state index contributed by atoms with van der Waals surface area (Å²) >= 11 is 0. The molecule has 2 aromatic carbocycles. The van der Waals surface area contributed by atoms with Crippen molar-refractivity contribution in [3.05, 3.63) is 65.4 Å². The van der Waals surface area contributed by atoms with Crippen LogP contribution in [0.2, 0.25) is 0 Å². The molecule has 0 amide bonds. The van der Waals surface area contributed by atoms with Gasteiger partial charge in [-0.3, -0.25) is 4.57 Å². The Morgan fingerprint density at radius 1 is 1.03 bits per heavy atom. The van der Waals surface area contributed by atoms with Crippen LogP contribution in [0.15, 0.2) is 59.8 Å². The van der Waals surface area contributed by atoms with Crippen molar-refractivity contribution in [1.82, 2.24) is 9.55 Å². The van der Waals surface area contributed by atoms with Gasteiger partial charge in [0.1, 0.15) is 5.75 Å². The number of nitrogens with zero attached hydrogens (tertiary/aromatic N) is 2. The maximum absolute atomic E-state index is 13.4. The SMILES string of the molecule is CCCCCCCOC(=O)C1=C(C)Nc2nc3ccccc3n2[C@H]1c1ccccc1OCC. The third kappa shape index (κ3) is 4.75. The highest BCUT2D eigenvalue weighted by Gasteiger charge is 2.36. The Morgan fingerprint density at radius 2 is 1.79 bits per heavy atom. The van der Waals surface area contributed by atoms with Crippen molar-refractivity contribution in [1.29, 1.82) is 0 Å². The van der Waals surface area contributed by atoms with Gasteiger partial charge in [0.25, 0.3) is 0 Å². The van der Waals surface area contributed by atoms with Crippen LogP contribution in [0, 0.1) is 0 Å². The van der Waals surface area contributed by atoms with E-state index in [0.717, 1.165) is 40.9 Å². The molecule has 1 aliphatic rings. The summed E-state index contributed by atoms with van der Waals surface area (Å²) < 4.78 is 13.8. The lowest BCUT2D eigenvalue weighted by molar-refractivity contribution is -0.139. The Kier molecular flexibility index (Phi) is 7.33. The fourth-order valence-electron chi connectivity index (χ4n) is 4.46. The van der Waals surface area contributed by atoms with Crippen LogP contribution in [-0.4, -0.2) is 28.7 Å². The molecular formula is C27H33N3O3. The van der Waals surface area contributed by atoms with Crippen LogP contribution in [-0.2, 0) is 9.53 Å². The third-order valence-corrected chi connectivity index (χ3v) is 6.05. The van der Waals surface area contributed by atoms with Gasteiger partial charge in [0.05, 0.1) is 35.9 Å². The van der Waals surface area contributed by atoms with E-state index in [4.69, 9.17) is 14.5 Å². The Labute approximate surface area is 195 Å². The lowest BCUT2D eigenvalue weighted by atomic mass is 9.94. The molecule has 0 spiro atoms. The highest BCUT2D eigenvalue weighted by molar-refractivity contribution is 5.94. The van der Waals surface area contributed by atoms with Crippen molar-refractivity contribution in [3.63, 3.8) is 0 Å². The van der Waals surface area contributed by atoms with E-state index in [1.165, 1.54) is 19.3 Å². The number of carbonyl (C=O) groups is 1. The highest BCUT2D eigenvalue weighted by Crippen LogP contribution is 2.42. The minimum Gasteiger partial charge on any atom is -0.494 e. The molecule has 1 aliphatic heterocycles. The minimum absolute atomic E-state index is 0.296. The molecule has 1 N–H and O–H groups in total. The van der Waals surface area contributed by atoms with Gasteiger partial charge in [-0.1, -0.05) is 62.9 Å². The molecule has 3 aromatic rings. The standard InChI is InChI=1S/C27H33N3O3/c1-4-6-7-8-13-18-33-26(31)24-19(3)28-27-29-21-15-10-11-16-22(21)30(27)25(24)20-14-9-12-17-23(20)32-5-2/h9-12,14-17,25H,4-8,13,18H2,1-3H3,(H,28,29)/t25-/m0/s1. The smallest absolute Gasteiger partial charge is 0.338 e. The molecule has 33 heavy (non-hydrogen) atoms. The number of hydrogen-bond acceptors (Lipinski definition) is 5. The molecule has 174 valence electrons. The molecule has 4 rings (SSSR count). The summed E-state index contributed by atoms with van der Waals surface area (Å²) in [6.45, 7) is 7.04. The van der Waals surface area contributed by atoms with E-state index in [2.05, 4.69) is 16.8 Å². The second-order valence-electron chi connectivity index (χ2n) is 8.38. The van der Waals surface area contributed by atoms with Gasteiger partial charge in [0.15, 0.2) is 0 Å². The molecule has 0 saturated carbocycles. The first kappa shape index (κ1) is 22.9. The van der Waals surface area contributed by atoms with Crippen molar-refractivity contribution in [3.8, 4) is 5.75 Å². The van der Waals surface area contributed by atoms with E-state index in [1.807, 2.05) is 62.4 Å². The number of benzene rings is 2. The number of unbranched alkanes of at least 4 members (excludes halogenated alkanes) is 4. The molecule has 0 bridgehead atoms. The van der Waals surface area contributed by atoms with Gasteiger partial charge in [0.2, 0.25) is 5.95 Å². The van der Waals surface area contributed by atoms with E-state index in [0.29, 0.717) is 24.7 Å². The molecule has 0 unspecified atom stereocenters. The topological polar surface area (TPSA) is 65.4 Å². The van der Waals surface area contributed by atoms with Crippen LogP contribution in [0.5, 0.6) is 5.75 Å². The minimum atomic E-state index is -0.399. The van der Waals surface area contributed by atoms with E-state index < -0.39 is 6.04 Å². The van der Waals surface area contributed by atoms with Gasteiger partial charge in [-0.15, -0.1) is 0 Å². The maximum Gasteiger partial charge on any atom is 0.338 e. The zero-order valence-corrected chi connectivity index (χ0v) is 19.8. The number of carbonyl (C=O) groups excluding carboxylic acids is 1. The Morgan fingerprint density at radius 3 is 2.61 bits per heavy atom. The molecule has 6 nitrogen and oxygen atoms in total. The first-order valence-electron chi connectivity index (χ1n) is 12.0. The van der Waals surface area contributed by atoms with Crippen molar-refractivity contribution in [2.24, 2.45) is 0 Å². The zero-order chi connectivity index (χ0) is 23.2. The molecular weight excluding hydrogens is 414 g/mol. The number of rotatable bonds is 10. The number of para-hydroxylation sites is 3. The van der Waals surface area contributed by atoms with Gasteiger partial charge in [-0.2, -0.15) is 0 Å². The van der Waals surface area contributed by atoms with Gasteiger partial charge in [0, 0.05) is 11.3 Å². The van der Waals surface area contributed by atoms with E-state index in [-0.39, 0.29) is 5.97 Å². The van der Waals surface area contributed by atoms with E-state index in [1.54, 1.807) is 0 Å². The van der Waals surface area contributed by atoms with Crippen molar-refractivity contribution < 1.29 is 14.3 Å². The third-order valence-electron chi connectivity index (χ3n) is 6.05. The largest absolute Gasteiger partial charge is 0.494 e. The first-order valence-corrected chi connectivity index (χ1v) is 12.0. The number of anilines is 1. The molecule has 1 aromatic heterocycles. The molecule has 1 atom stereocenters. The molecule has 0 fully saturated rings. The number of aromatic nitrogens is 2. The normalized spacial score (nSPS) is 15.3. The lowest BCUT2D eigenvalue weighted by Gasteiger charge is -2.31. The van der Waals surface area contributed by atoms with Gasteiger partial charge >= 0.3 is 5.97 Å². The van der Waals surface area contributed by atoms with Crippen LogP contribution in [0.25, 0.3) is 11.0 Å². The predicted octanol–water partition coefficient (Wildman–Crippen LogP) is 6.24. The molecule has 6 heteroatoms. The first-order chi connectivity index (χ1) is 16.2. The average Bonchev–Trinajstić information content (AvgIpc) is 3.19. The fraction of sp³-hybridized carbons (Fsp3) is 0.407. The van der Waals surface area contributed by atoms with Crippen LogP contribution in [0.4, 0.5) is 5.95 Å². The summed E-state index contributed by atoms with van der Waals surface area (Å²) in [6.07, 6.45) is 5.54. The molecule has 0 radical (unpaired) electrons. The summed E-state index contributed by atoms with van der Waals surface area (Å²) in [5.74, 6) is 1.17. The fourth-order valence-corrected chi connectivity index (χ4v) is 4.46. The number of fused-ring (bicyclic) bond motifs is 3. The monoisotopic (exact) mass is 447 g/mol. The van der Waals surface area contributed by atoms with E-state index >= 15 is 0 Å². The highest BCUT2D eigenvalue weighted by atomic mass is 16.5. The summed E-state index contributed by atoms with van der Waals surface area (Å²) in [5, 5.41) is 3.34.